The fourth-order valence-corrected chi connectivity index (χ4v) is 2.51. The van der Waals surface area contributed by atoms with Crippen molar-refractivity contribution in [3.8, 4) is 0 Å². The van der Waals surface area contributed by atoms with Gasteiger partial charge < -0.3 is 11.1 Å². The van der Waals surface area contributed by atoms with E-state index in [1.807, 2.05) is 24.3 Å². The van der Waals surface area contributed by atoms with Gasteiger partial charge >= 0.3 is 0 Å². The number of hydrogen-bond acceptors (Lipinski definition) is 3. The molecular weight excluding hydrogens is 244 g/mol. The summed E-state index contributed by atoms with van der Waals surface area (Å²) in [5.41, 5.74) is 5.22. The van der Waals surface area contributed by atoms with Gasteiger partial charge in [-0.15, -0.1) is 11.8 Å². The first kappa shape index (κ1) is 13.4. The van der Waals surface area contributed by atoms with E-state index in [1.54, 1.807) is 18.8 Å². The van der Waals surface area contributed by atoms with E-state index in [-0.39, 0.29) is 11.9 Å². The van der Waals surface area contributed by atoms with E-state index in [2.05, 4.69) is 5.32 Å². The van der Waals surface area contributed by atoms with E-state index in [9.17, 15) is 4.79 Å². The van der Waals surface area contributed by atoms with Crippen molar-refractivity contribution in [2.24, 2.45) is 5.73 Å². The minimum atomic E-state index is -0.311. The number of carbonyl (C=O) groups excluding carboxylic acids is 1. The number of amides is 1. The van der Waals surface area contributed by atoms with Gasteiger partial charge in [-0.2, -0.15) is 0 Å². The molecule has 0 aliphatic rings. The van der Waals surface area contributed by atoms with Crippen molar-refractivity contribution in [2.45, 2.75) is 17.4 Å². The molecule has 0 radical (unpaired) electrons. The van der Waals surface area contributed by atoms with Crippen LogP contribution >= 0.6 is 23.4 Å². The van der Waals surface area contributed by atoms with Crippen LogP contribution in [0.5, 0.6) is 0 Å². The van der Waals surface area contributed by atoms with Crippen LogP contribution in [-0.2, 0) is 4.79 Å². The second kappa shape index (κ2) is 6.78. The zero-order valence-electron chi connectivity index (χ0n) is 9.07. The number of carbonyl (C=O) groups is 1. The van der Waals surface area contributed by atoms with E-state index in [0.29, 0.717) is 6.42 Å². The first-order valence-corrected chi connectivity index (χ1v) is 6.35. The molecule has 3 N–H and O–H groups in total. The molecule has 16 heavy (non-hydrogen) atoms. The molecule has 0 spiro atoms. The van der Waals surface area contributed by atoms with Gasteiger partial charge in [-0.25, -0.2) is 0 Å². The quantitative estimate of drug-likeness (QED) is 0.767. The smallest absolute Gasteiger partial charge is 0.234 e. The third kappa shape index (κ3) is 4.43. The summed E-state index contributed by atoms with van der Waals surface area (Å²) in [6.45, 7) is 0. The highest BCUT2D eigenvalue weighted by molar-refractivity contribution is 7.99. The van der Waals surface area contributed by atoms with Crippen LogP contribution in [0.4, 0.5) is 0 Å². The molecule has 3 nitrogen and oxygen atoms in total. The van der Waals surface area contributed by atoms with Crippen molar-refractivity contribution in [3.63, 3.8) is 0 Å². The lowest BCUT2D eigenvalue weighted by atomic mass is 10.2. The molecule has 0 fully saturated rings. The zero-order valence-corrected chi connectivity index (χ0v) is 10.6. The largest absolute Gasteiger partial charge is 0.368 e. The average molecular weight is 259 g/mol. The predicted octanol–water partition coefficient (Wildman–Crippen LogP) is 1.90. The van der Waals surface area contributed by atoms with Crippen LogP contribution in [0.2, 0.25) is 5.02 Å². The van der Waals surface area contributed by atoms with Gasteiger partial charge in [-0.1, -0.05) is 17.7 Å². The van der Waals surface area contributed by atoms with E-state index >= 15 is 0 Å². The Morgan fingerprint density at radius 3 is 2.94 bits per heavy atom. The van der Waals surface area contributed by atoms with Gasteiger partial charge in [0.25, 0.3) is 0 Å². The predicted molar refractivity (Wildman–Crippen MR) is 68.8 cm³/mol. The summed E-state index contributed by atoms with van der Waals surface area (Å²) in [7, 11) is 1.74. The fraction of sp³-hybridized carbons (Fsp3) is 0.364. The number of benzene rings is 1. The number of halogens is 1. The molecule has 88 valence electrons. The van der Waals surface area contributed by atoms with Crippen LogP contribution in [0.15, 0.2) is 29.2 Å². The molecule has 5 heteroatoms. The Labute approximate surface area is 105 Å². The molecular formula is C11H15ClN2OS. The number of rotatable bonds is 6. The van der Waals surface area contributed by atoms with Crippen molar-refractivity contribution < 1.29 is 4.79 Å². The molecule has 0 heterocycles. The number of thioether (sulfide) groups is 1. The van der Waals surface area contributed by atoms with E-state index < -0.39 is 0 Å². The molecule has 0 aliphatic heterocycles. The number of nitrogens with two attached hydrogens (primary N) is 1. The molecule has 1 amide bonds. The lowest BCUT2D eigenvalue weighted by Crippen LogP contribution is -2.39. The lowest BCUT2D eigenvalue weighted by Gasteiger charge is -2.11. The minimum absolute atomic E-state index is 0.258. The number of nitrogens with one attached hydrogen (secondary N) is 1. The highest BCUT2D eigenvalue weighted by Gasteiger charge is 2.11. The first-order valence-electron chi connectivity index (χ1n) is 4.98. The van der Waals surface area contributed by atoms with E-state index in [0.717, 1.165) is 15.7 Å². The van der Waals surface area contributed by atoms with Crippen LogP contribution in [0.25, 0.3) is 0 Å². The molecule has 0 saturated heterocycles. The van der Waals surface area contributed by atoms with Crippen molar-refractivity contribution >= 4 is 29.3 Å². The van der Waals surface area contributed by atoms with E-state index in [1.165, 1.54) is 0 Å². The maximum Gasteiger partial charge on any atom is 0.234 e. The molecule has 0 bridgehead atoms. The molecule has 1 unspecified atom stereocenters. The number of hydrogen-bond donors (Lipinski definition) is 2. The fourth-order valence-electron chi connectivity index (χ4n) is 1.28. The zero-order chi connectivity index (χ0) is 12.0. The molecule has 1 aromatic rings. The molecule has 0 aliphatic carbocycles. The van der Waals surface area contributed by atoms with Crippen molar-refractivity contribution in [2.75, 3.05) is 12.8 Å². The Bertz CT molecular complexity index is 360. The summed E-state index contributed by atoms with van der Waals surface area (Å²) in [5, 5.41) is 3.61. The lowest BCUT2D eigenvalue weighted by molar-refractivity contribution is -0.119. The third-order valence-corrected chi connectivity index (χ3v) is 3.43. The Morgan fingerprint density at radius 2 is 2.38 bits per heavy atom. The summed E-state index contributed by atoms with van der Waals surface area (Å²) >= 11 is 7.53. The summed E-state index contributed by atoms with van der Waals surface area (Å²) in [5.74, 6) is 0.517. The highest BCUT2D eigenvalue weighted by Crippen LogP contribution is 2.22. The van der Waals surface area contributed by atoms with Gasteiger partial charge in [0.1, 0.15) is 0 Å². The second-order valence-electron chi connectivity index (χ2n) is 3.34. The van der Waals surface area contributed by atoms with Crippen molar-refractivity contribution in [1.82, 2.24) is 5.32 Å². The summed E-state index contributed by atoms with van der Waals surface area (Å²) in [6, 6.07) is 7.39. The normalized spacial score (nSPS) is 12.4. The van der Waals surface area contributed by atoms with Gasteiger partial charge in [-0.05, 0) is 37.4 Å². The molecule has 0 aromatic heterocycles. The second-order valence-corrected chi connectivity index (χ2v) is 4.94. The van der Waals surface area contributed by atoms with Crippen LogP contribution in [0, 0.1) is 0 Å². The standard InChI is InChI=1S/C11H15ClN2OS/c1-14-10(11(13)15)5-6-16-9-4-2-3-8(12)7-9/h2-4,7,10,14H,5-6H2,1H3,(H2,13,15). The maximum atomic E-state index is 11.0. The van der Waals surface area contributed by atoms with Crippen molar-refractivity contribution in [1.29, 1.82) is 0 Å². The topological polar surface area (TPSA) is 55.1 Å². The first-order chi connectivity index (χ1) is 7.63. The van der Waals surface area contributed by atoms with Gasteiger partial charge in [0.15, 0.2) is 0 Å². The molecule has 1 rings (SSSR count). The summed E-state index contributed by atoms with van der Waals surface area (Å²) in [4.78, 5) is 12.1. The average Bonchev–Trinajstić information content (AvgIpc) is 2.24. The third-order valence-electron chi connectivity index (χ3n) is 2.16. The van der Waals surface area contributed by atoms with Crippen LogP contribution in [0.1, 0.15) is 6.42 Å². The minimum Gasteiger partial charge on any atom is -0.368 e. The SMILES string of the molecule is CNC(CCSc1cccc(Cl)c1)C(N)=O. The maximum absolute atomic E-state index is 11.0. The Balaban J connectivity index is 2.38. The van der Waals surface area contributed by atoms with Gasteiger partial charge in [-0.3, -0.25) is 4.79 Å². The van der Waals surface area contributed by atoms with Crippen LogP contribution < -0.4 is 11.1 Å². The Kier molecular flexibility index (Phi) is 5.66. The molecule has 1 atom stereocenters. The van der Waals surface area contributed by atoms with Gasteiger partial charge in [0.2, 0.25) is 5.91 Å². The molecule has 0 saturated carbocycles. The van der Waals surface area contributed by atoms with Crippen molar-refractivity contribution in [3.05, 3.63) is 29.3 Å². The van der Waals surface area contributed by atoms with Crippen LogP contribution in [0.3, 0.4) is 0 Å². The Morgan fingerprint density at radius 1 is 1.62 bits per heavy atom. The van der Waals surface area contributed by atoms with Crippen LogP contribution in [-0.4, -0.2) is 24.7 Å². The number of primary amides is 1. The summed E-state index contributed by atoms with van der Waals surface area (Å²) < 4.78 is 0. The monoisotopic (exact) mass is 258 g/mol. The van der Waals surface area contributed by atoms with E-state index in [4.69, 9.17) is 17.3 Å². The Hall–Kier alpha value is -0.710. The van der Waals surface area contributed by atoms with Gasteiger partial charge in [0.05, 0.1) is 6.04 Å². The molecule has 1 aromatic carbocycles. The number of likely N-dealkylation sites (N-methyl/N-ethyl adjacent to an activating group) is 1. The highest BCUT2D eigenvalue weighted by atomic mass is 35.5. The van der Waals surface area contributed by atoms with Gasteiger partial charge in [0, 0.05) is 9.92 Å². The summed E-state index contributed by atoms with van der Waals surface area (Å²) in [6.07, 6.45) is 0.711.